The molecule has 2 N–H and O–H groups in total. The minimum absolute atomic E-state index is 0.421. The highest BCUT2D eigenvalue weighted by Crippen LogP contribution is 2.25. The molecule has 0 unspecified atom stereocenters. The van der Waals surface area contributed by atoms with Crippen molar-refractivity contribution >= 4 is 32.7 Å². The summed E-state index contributed by atoms with van der Waals surface area (Å²) in [6.07, 6.45) is 0.726. The molecule has 1 aromatic heterocycles. The van der Waals surface area contributed by atoms with E-state index in [1.807, 2.05) is 30.7 Å². The number of thiazole rings is 1. The Balaban J connectivity index is 1.98. The molecule has 2 aromatic rings. The molecule has 1 heterocycles. The Bertz CT molecular complexity index is 814. The zero-order valence-electron chi connectivity index (χ0n) is 13.6. The average molecular weight is 369 g/mol. The molecule has 7 nitrogen and oxygen atoms in total. The van der Waals surface area contributed by atoms with Gasteiger partial charge < -0.3 is 0 Å². The van der Waals surface area contributed by atoms with Gasteiger partial charge in [0.1, 0.15) is 6.61 Å². The fourth-order valence-corrected chi connectivity index (χ4v) is 3.28. The first-order chi connectivity index (χ1) is 11.3. The van der Waals surface area contributed by atoms with Crippen molar-refractivity contribution in [2.75, 3.05) is 19.0 Å². The molecule has 130 valence electrons. The maximum Gasteiger partial charge on any atom is 0.336 e. The Morgan fingerprint density at radius 3 is 2.54 bits per heavy atom. The molecule has 24 heavy (non-hydrogen) atoms. The highest BCUT2D eigenvalue weighted by Gasteiger charge is 2.14. The minimum Gasteiger partial charge on any atom is -0.300 e. The van der Waals surface area contributed by atoms with E-state index in [2.05, 4.69) is 26.6 Å². The Hall–Kier alpha value is -1.81. The molecular weight excluding hydrogens is 350 g/mol. The lowest BCUT2D eigenvalue weighted by Crippen LogP contribution is -2.27. The van der Waals surface area contributed by atoms with Gasteiger partial charge in [-0.2, -0.15) is 13.1 Å². The normalized spacial score (nSPS) is 11.5. The summed E-state index contributed by atoms with van der Waals surface area (Å²) in [7, 11) is -2.68. The number of rotatable bonds is 7. The van der Waals surface area contributed by atoms with E-state index < -0.39 is 22.8 Å². The summed E-state index contributed by atoms with van der Waals surface area (Å²) >= 11 is 1.36. The first kappa shape index (κ1) is 18.5. The molecule has 0 aliphatic heterocycles. The maximum absolute atomic E-state index is 11.7. The zero-order chi connectivity index (χ0) is 17.7. The van der Waals surface area contributed by atoms with E-state index >= 15 is 0 Å². The monoisotopic (exact) mass is 369 g/mol. The predicted octanol–water partition coefficient (Wildman–Crippen LogP) is 1.77. The molecule has 0 aliphatic carbocycles. The molecule has 0 spiro atoms. The van der Waals surface area contributed by atoms with Gasteiger partial charge in [0.2, 0.25) is 0 Å². The number of carbonyl (C=O) groups is 1. The van der Waals surface area contributed by atoms with Gasteiger partial charge in [0.25, 0.3) is 5.91 Å². The summed E-state index contributed by atoms with van der Waals surface area (Å²) in [6.45, 7) is 3.30. The summed E-state index contributed by atoms with van der Waals surface area (Å²) in [5.41, 5.74) is 3.19. The second-order valence-corrected chi connectivity index (χ2v) is 7.79. The van der Waals surface area contributed by atoms with Crippen LogP contribution in [-0.4, -0.2) is 33.0 Å². The van der Waals surface area contributed by atoms with Gasteiger partial charge in [-0.25, -0.2) is 9.17 Å². The van der Waals surface area contributed by atoms with Gasteiger partial charge in [0.05, 0.1) is 5.69 Å². The molecule has 0 bridgehead atoms. The number of aryl methyl sites for hydroxylation is 2. The molecule has 0 saturated heterocycles. The summed E-state index contributed by atoms with van der Waals surface area (Å²) < 4.78 is 28.7. The second kappa shape index (κ2) is 7.84. The lowest BCUT2D eigenvalue weighted by molar-refractivity contribution is -0.118. The highest BCUT2D eigenvalue weighted by molar-refractivity contribution is 7.84. The minimum atomic E-state index is -3.88. The topological polar surface area (TPSA) is 97.4 Å². The molecular formula is C15H19N3O4S2. The number of amides is 1. The van der Waals surface area contributed by atoms with Crippen molar-refractivity contribution in [2.24, 2.45) is 0 Å². The standard InChI is InChI=1S/C15H19N3O4S2/c1-10-4-6-12(7-5-10)8-13-11(2)17-15(23-13)18-14(19)9-22-24(20,21)16-3/h4-7,16H,8-9H2,1-3H3,(H,17,18,19). The van der Waals surface area contributed by atoms with E-state index in [0.29, 0.717) is 5.13 Å². The SMILES string of the molecule is CNS(=O)(=O)OCC(=O)Nc1nc(C)c(Cc2ccc(C)cc2)s1. The average Bonchev–Trinajstić information content (AvgIpc) is 2.87. The van der Waals surface area contributed by atoms with Crippen molar-refractivity contribution < 1.29 is 17.4 Å². The van der Waals surface area contributed by atoms with Crippen LogP contribution in [0.2, 0.25) is 0 Å². The van der Waals surface area contributed by atoms with Crippen LogP contribution in [0.4, 0.5) is 5.13 Å². The van der Waals surface area contributed by atoms with Crippen molar-refractivity contribution in [2.45, 2.75) is 20.3 Å². The molecule has 0 radical (unpaired) electrons. The summed E-state index contributed by atoms with van der Waals surface area (Å²) in [4.78, 5) is 17.1. The van der Waals surface area contributed by atoms with Crippen LogP contribution in [0.1, 0.15) is 21.7 Å². The van der Waals surface area contributed by atoms with Crippen LogP contribution in [-0.2, 0) is 25.7 Å². The third-order valence-corrected chi connectivity index (χ3v) is 5.22. The van der Waals surface area contributed by atoms with E-state index in [-0.39, 0.29) is 0 Å². The highest BCUT2D eigenvalue weighted by atomic mass is 32.2. The molecule has 1 aromatic carbocycles. The lowest BCUT2D eigenvalue weighted by atomic mass is 10.1. The van der Waals surface area contributed by atoms with Crippen molar-refractivity contribution in [3.63, 3.8) is 0 Å². The van der Waals surface area contributed by atoms with Crippen molar-refractivity contribution in [1.29, 1.82) is 0 Å². The Morgan fingerprint density at radius 1 is 1.25 bits per heavy atom. The summed E-state index contributed by atoms with van der Waals surface area (Å²) in [5.74, 6) is -0.579. The smallest absolute Gasteiger partial charge is 0.300 e. The van der Waals surface area contributed by atoms with Gasteiger partial charge >= 0.3 is 10.3 Å². The number of hydrogen-bond donors (Lipinski definition) is 2. The first-order valence-corrected chi connectivity index (χ1v) is 9.41. The second-order valence-electron chi connectivity index (χ2n) is 5.16. The largest absolute Gasteiger partial charge is 0.336 e. The van der Waals surface area contributed by atoms with E-state index in [1.54, 1.807) is 0 Å². The van der Waals surface area contributed by atoms with Crippen LogP contribution in [0.5, 0.6) is 0 Å². The van der Waals surface area contributed by atoms with E-state index in [1.165, 1.54) is 23.9 Å². The number of nitrogens with zero attached hydrogens (tertiary/aromatic N) is 1. The Morgan fingerprint density at radius 2 is 1.92 bits per heavy atom. The fourth-order valence-electron chi connectivity index (χ4n) is 1.88. The molecule has 0 aliphatic rings. The number of benzene rings is 1. The van der Waals surface area contributed by atoms with Gasteiger partial charge in [-0.3, -0.25) is 10.1 Å². The molecule has 2 rings (SSSR count). The zero-order valence-corrected chi connectivity index (χ0v) is 15.3. The van der Waals surface area contributed by atoms with Crippen molar-refractivity contribution in [3.8, 4) is 0 Å². The molecule has 0 atom stereocenters. The fraction of sp³-hybridized carbons (Fsp3) is 0.333. The Kier molecular flexibility index (Phi) is 6.05. The third kappa shape index (κ3) is 5.38. The van der Waals surface area contributed by atoms with E-state index in [4.69, 9.17) is 0 Å². The van der Waals surface area contributed by atoms with Crippen LogP contribution in [0.25, 0.3) is 0 Å². The van der Waals surface area contributed by atoms with E-state index in [9.17, 15) is 13.2 Å². The van der Waals surface area contributed by atoms with Crippen LogP contribution in [0, 0.1) is 13.8 Å². The van der Waals surface area contributed by atoms with Crippen LogP contribution in [0.3, 0.4) is 0 Å². The molecule has 0 fully saturated rings. The molecule has 0 saturated carbocycles. The molecule has 1 amide bonds. The maximum atomic E-state index is 11.7. The van der Waals surface area contributed by atoms with Gasteiger partial charge in [0, 0.05) is 18.3 Å². The number of aromatic nitrogens is 1. The van der Waals surface area contributed by atoms with Crippen molar-refractivity contribution in [3.05, 3.63) is 46.0 Å². The Labute approximate surface area is 145 Å². The quantitative estimate of drug-likeness (QED) is 0.775. The predicted molar refractivity (Wildman–Crippen MR) is 93.4 cm³/mol. The van der Waals surface area contributed by atoms with Gasteiger partial charge in [-0.05, 0) is 19.4 Å². The van der Waals surface area contributed by atoms with Crippen LogP contribution >= 0.6 is 11.3 Å². The van der Waals surface area contributed by atoms with Gasteiger partial charge in [-0.15, -0.1) is 11.3 Å². The first-order valence-electron chi connectivity index (χ1n) is 7.18. The van der Waals surface area contributed by atoms with E-state index in [0.717, 1.165) is 22.6 Å². The lowest BCUT2D eigenvalue weighted by Gasteiger charge is -2.03. The summed E-state index contributed by atoms with van der Waals surface area (Å²) in [6, 6.07) is 8.22. The number of carbonyl (C=O) groups excluding carboxylic acids is 1. The number of anilines is 1. The van der Waals surface area contributed by atoms with Crippen LogP contribution < -0.4 is 10.0 Å². The van der Waals surface area contributed by atoms with Crippen molar-refractivity contribution in [1.82, 2.24) is 9.71 Å². The number of hydrogen-bond acceptors (Lipinski definition) is 6. The van der Waals surface area contributed by atoms with Gasteiger partial charge in [-0.1, -0.05) is 29.8 Å². The number of nitrogens with one attached hydrogen (secondary N) is 2. The third-order valence-electron chi connectivity index (χ3n) is 3.22. The van der Waals surface area contributed by atoms with Crippen LogP contribution in [0.15, 0.2) is 24.3 Å². The molecule has 9 heteroatoms. The summed E-state index contributed by atoms with van der Waals surface area (Å²) in [5, 5.41) is 2.97. The van der Waals surface area contributed by atoms with Gasteiger partial charge in [0.15, 0.2) is 5.13 Å².